The number of nitrogens with zero attached hydrogens (tertiary/aromatic N) is 1. The van der Waals surface area contributed by atoms with E-state index in [9.17, 15) is 4.79 Å². The quantitative estimate of drug-likeness (QED) is 0.549. The van der Waals surface area contributed by atoms with E-state index in [0.29, 0.717) is 18.1 Å². The Kier molecular flexibility index (Phi) is 3.73. The molecule has 0 aliphatic heterocycles. The third-order valence-electron chi connectivity index (χ3n) is 1.76. The predicted molar refractivity (Wildman–Crippen MR) is 60.2 cm³/mol. The van der Waals surface area contributed by atoms with Crippen molar-refractivity contribution in [3.63, 3.8) is 0 Å². The van der Waals surface area contributed by atoms with Crippen LogP contribution in [-0.4, -0.2) is 24.0 Å². The maximum Gasteiger partial charge on any atom is 0.239 e. The molecule has 1 heterocycles. The number of rotatable bonds is 4. The molecule has 1 amide bonds. The summed E-state index contributed by atoms with van der Waals surface area (Å²) in [5.41, 5.74) is 11.4. The van der Waals surface area contributed by atoms with E-state index in [1.165, 1.54) is 0 Å². The number of likely N-dealkylation sites (N-methyl/N-ethyl adjacent to an activating group) is 1. The summed E-state index contributed by atoms with van der Waals surface area (Å²) in [5, 5.41) is 5.50. The van der Waals surface area contributed by atoms with Crippen LogP contribution in [0.1, 0.15) is 6.92 Å². The second-order valence-corrected chi connectivity index (χ2v) is 2.98. The van der Waals surface area contributed by atoms with Crippen molar-refractivity contribution in [1.82, 2.24) is 10.3 Å². The molecule has 15 heavy (non-hydrogen) atoms. The molecule has 0 spiro atoms. The Labute approximate surface area is 88.1 Å². The third-order valence-corrected chi connectivity index (χ3v) is 1.76. The molecule has 0 aromatic carbocycles. The van der Waals surface area contributed by atoms with Gasteiger partial charge in [-0.1, -0.05) is 0 Å². The largest absolute Gasteiger partial charge is 0.396 e. The summed E-state index contributed by atoms with van der Waals surface area (Å²) in [6.45, 7) is 2.64. The first kappa shape index (κ1) is 11.1. The molecule has 0 saturated carbocycles. The first-order valence-electron chi connectivity index (χ1n) is 4.66. The minimum Gasteiger partial charge on any atom is -0.396 e. The molecule has 0 atom stereocenters. The summed E-state index contributed by atoms with van der Waals surface area (Å²) >= 11 is 0. The van der Waals surface area contributed by atoms with Crippen molar-refractivity contribution in [1.29, 1.82) is 0 Å². The number of nitrogens with one attached hydrogen (secondary N) is 2. The number of nitrogen functional groups attached to an aromatic ring is 2. The van der Waals surface area contributed by atoms with Crippen LogP contribution >= 0.6 is 0 Å². The molecule has 6 N–H and O–H groups in total. The first-order chi connectivity index (χ1) is 7.13. The van der Waals surface area contributed by atoms with E-state index < -0.39 is 0 Å². The lowest BCUT2D eigenvalue weighted by molar-refractivity contribution is -0.119. The van der Waals surface area contributed by atoms with E-state index in [-0.39, 0.29) is 18.3 Å². The standard InChI is InChI=1S/C9H15N5O/c1-2-12-8(15)5-13-7-4-3-6(10)9(11)14-7/h3-4H,2,5,10H2,1H3,(H,12,15)(H3,11,13,14). The Morgan fingerprint density at radius 2 is 2.20 bits per heavy atom. The molecule has 6 nitrogen and oxygen atoms in total. The summed E-state index contributed by atoms with van der Waals surface area (Å²) < 4.78 is 0. The van der Waals surface area contributed by atoms with Crippen LogP contribution in [0.5, 0.6) is 0 Å². The van der Waals surface area contributed by atoms with Crippen molar-refractivity contribution in [3.05, 3.63) is 12.1 Å². The zero-order chi connectivity index (χ0) is 11.3. The van der Waals surface area contributed by atoms with Gasteiger partial charge < -0.3 is 22.1 Å². The van der Waals surface area contributed by atoms with Gasteiger partial charge in [-0.2, -0.15) is 0 Å². The smallest absolute Gasteiger partial charge is 0.239 e. The number of hydrogen-bond acceptors (Lipinski definition) is 5. The van der Waals surface area contributed by atoms with E-state index in [0.717, 1.165) is 0 Å². The van der Waals surface area contributed by atoms with E-state index in [1.807, 2.05) is 6.92 Å². The Bertz CT molecular complexity index is 352. The van der Waals surface area contributed by atoms with Crippen LogP contribution in [0.15, 0.2) is 12.1 Å². The highest BCUT2D eigenvalue weighted by Gasteiger charge is 2.01. The Balaban J connectivity index is 2.51. The summed E-state index contributed by atoms with van der Waals surface area (Å²) in [5.74, 6) is 0.707. The SMILES string of the molecule is CCNC(=O)CNc1ccc(N)c(N)n1. The lowest BCUT2D eigenvalue weighted by Gasteiger charge is -2.06. The van der Waals surface area contributed by atoms with Crippen LogP contribution in [0, 0.1) is 0 Å². The summed E-state index contributed by atoms with van der Waals surface area (Å²) in [4.78, 5) is 15.1. The fourth-order valence-electron chi connectivity index (χ4n) is 1.01. The number of aromatic nitrogens is 1. The molecule has 1 rings (SSSR count). The average Bonchev–Trinajstić information content (AvgIpc) is 2.20. The molecule has 82 valence electrons. The number of amides is 1. The number of carbonyl (C=O) groups is 1. The number of hydrogen-bond donors (Lipinski definition) is 4. The lowest BCUT2D eigenvalue weighted by atomic mass is 10.4. The molecule has 1 aromatic rings. The van der Waals surface area contributed by atoms with Gasteiger partial charge in [0.05, 0.1) is 12.2 Å². The molecular formula is C9H15N5O. The van der Waals surface area contributed by atoms with Gasteiger partial charge in [0.2, 0.25) is 5.91 Å². The zero-order valence-electron chi connectivity index (χ0n) is 8.58. The summed E-state index contributed by atoms with van der Waals surface area (Å²) in [6.07, 6.45) is 0. The van der Waals surface area contributed by atoms with E-state index in [4.69, 9.17) is 11.5 Å². The van der Waals surface area contributed by atoms with Crippen molar-refractivity contribution in [2.45, 2.75) is 6.92 Å². The van der Waals surface area contributed by atoms with Crippen LogP contribution in [0.3, 0.4) is 0 Å². The molecule has 0 fully saturated rings. The van der Waals surface area contributed by atoms with Crippen molar-refractivity contribution in [2.24, 2.45) is 0 Å². The van der Waals surface area contributed by atoms with Crippen molar-refractivity contribution in [3.8, 4) is 0 Å². The Morgan fingerprint density at radius 3 is 2.80 bits per heavy atom. The molecule has 0 saturated heterocycles. The van der Waals surface area contributed by atoms with Crippen LogP contribution in [-0.2, 0) is 4.79 Å². The van der Waals surface area contributed by atoms with Gasteiger partial charge >= 0.3 is 0 Å². The number of anilines is 3. The number of nitrogens with two attached hydrogens (primary N) is 2. The second kappa shape index (κ2) is 5.04. The maximum absolute atomic E-state index is 11.1. The highest BCUT2D eigenvalue weighted by atomic mass is 16.1. The predicted octanol–water partition coefficient (Wildman–Crippen LogP) is -0.206. The fraction of sp³-hybridized carbons (Fsp3) is 0.333. The third kappa shape index (κ3) is 3.34. The van der Waals surface area contributed by atoms with Crippen LogP contribution in [0.25, 0.3) is 0 Å². The van der Waals surface area contributed by atoms with E-state index in [2.05, 4.69) is 15.6 Å². The maximum atomic E-state index is 11.1. The molecule has 0 aliphatic carbocycles. The van der Waals surface area contributed by atoms with Crippen molar-refractivity contribution in [2.75, 3.05) is 29.9 Å². The average molecular weight is 209 g/mol. The molecule has 0 radical (unpaired) electrons. The highest BCUT2D eigenvalue weighted by molar-refractivity contribution is 5.80. The van der Waals surface area contributed by atoms with Crippen molar-refractivity contribution >= 4 is 23.2 Å². The molecule has 1 aromatic heterocycles. The van der Waals surface area contributed by atoms with Gasteiger partial charge in [0, 0.05) is 6.54 Å². The van der Waals surface area contributed by atoms with E-state index >= 15 is 0 Å². The molecular weight excluding hydrogens is 194 g/mol. The normalized spacial score (nSPS) is 9.67. The number of carbonyl (C=O) groups excluding carboxylic acids is 1. The van der Waals surface area contributed by atoms with Crippen LogP contribution in [0.4, 0.5) is 17.3 Å². The highest BCUT2D eigenvalue weighted by Crippen LogP contribution is 2.13. The Morgan fingerprint density at radius 1 is 1.47 bits per heavy atom. The van der Waals surface area contributed by atoms with Gasteiger partial charge in [0.15, 0.2) is 0 Å². The van der Waals surface area contributed by atoms with E-state index in [1.54, 1.807) is 12.1 Å². The topological polar surface area (TPSA) is 106 Å². The Hall–Kier alpha value is -1.98. The first-order valence-corrected chi connectivity index (χ1v) is 4.66. The van der Waals surface area contributed by atoms with Gasteiger partial charge in [0.1, 0.15) is 11.6 Å². The lowest BCUT2D eigenvalue weighted by Crippen LogP contribution is -2.29. The van der Waals surface area contributed by atoms with Crippen LogP contribution < -0.4 is 22.1 Å². The van der Waals surface area contributed by atoms with Crippen molar-refractivity contribution < 1.29 is 4.79 Å². The number of pyridine rings is 1. The monoisotopic (exact) mass is 209 g/mol. The molecule has 6 heteroatoms. The van der Waals surface area contributed by atoms with Gasteiger partial charge in [-0.05, 0) is 19.1 Å². The van der Waals surface area contributed by atoms with Gasteiger partial charge in [-0.25, -0.2) is 4.98 Å². The summed E-state index contributed by atoms with van der Waals surface area (Å²) in [7, 11) is 0. The molecule has 0 unspecified atom stereocenters. The van der Waals surface area contributed by atoms with Crippen LogP contribution in [0.2, 0.25) is 0 Å². The minimum atomic E-state index is -0.0882. The fourth-order valence-corrected chi connectivity index (χ4v) is 1.01. The molecule has 0 aliphatic rings. The van der Waals surface area contributed by atoms with Gasteiger partial charge in [-0.15, -0.1) is 0 Å². The molecule has 0 bridgehead atoms. The van der Waals surface area contributed by atoms with Gasteiger partial charge in [0.25, 0.3) is 0 Å². The summed E-state index contributed by atoms with van der Waals surface area (Å²) in [6, 6.07) is 3.31. The minimum absolute atomic E-state index is 0.0882. The zero-order valence-corrected chi connectivity index (χ0v) is 8.58. The van der Waals surface area contributed by atoms with Gasteiger partial charge in [-0.3, -0.25) is 4.79 Å². The second-order valence-electron chi connectivity index (χ2n) is 2.98.